The predicted molar refractivity (Wildman–Crippen MR) is 73.4 cm³/mol. The van der Waals surface area contributed by atoms with Crippen LogP contribution in [0.15, 0.2) is 30.3 Å². The highest BCUT2D eigenvalue weighted by atomic mass is 16.7. The van der Waals surface area contributed by atoms with Crippen molar-refractivity contribution in [3.8, 4) is 0 Å². The molecule has 1 aromatic carbocycles. The number of carbonyl (C=O) groups excluding carboxylic acids is 1. The van der Waals surface area contributed by atoms with Crippen LogP contribution < -0.4 is 5.32 Å². The van der Waals surface area contributed by atoms with E-state index in [1.807, 2.05) is 6.07 Å². The Bertz CT molecular complexity index is 454. The highest BCUT2D eigenvalue weighted by Gasteiger charge is 2.36. The van der Waals surface area contributed by atoms with E-state index in [1.165, 1.54) is 0 Å². The van der Waals surface area contributed by atoms with Gasteiger partial charge in [0.1, 0.15) is 18.8 Å². The summed E-state index contributed by atoms with van der Waals surface area (Å²) >= 11 is 0. The molecule has 0 saturated carbocycles. The molecule has 0 bridgehead atoms. The molecule has 4 N–H and O–H groups in total. The Morgan fingerprint density at radius 2 is 2.05 bits per heavy atom. The first kappa shape index (κ1) is 15.9. The molecule has 0 spiro atoms. The summed E-state index contributed by atoms with van der Waals surface area (Å²) in [5.41, 5.74) is 0.652. The van der Waals surface area contributed by atoms with E-state index in [0.29, 0.717) is 5.69 Å². The summed E-state index contributed by atoms with van der Waals surface area (Å²) in [5.74, 6) is -0.356. The molecule has 4 atom stereocenters. The van der Waals surface area contributed by atoms with Gasteiger partial charge in [-0.05, 0) is 12.1 Å². The van der Waals surface area contributed by atoms with Crippen LogP contribution in [0, 0.1) is 0 Å². The number of anilines is 1. The zero-order chi connectivity index (χ0) is 15.2. The first-order valence-corrected chi connectivity index (χ1v) is 6.69. The van der Waals surface area contributed by atoms with E-state index in [4.69, 9.17) is 14.6 Å². The number of amides is 1. The number of para-hydroxylation sites is 1. The first-order valence-electron chi connectivity index (χ1n) is 6.69. The maximum absolute atomic E-state index is 11.7. The van der Waals surface area contributed by atoms with Crippen molar-refractivity contribution in [2.45, 2.75) is 31.0 Å². The second kappa shape index (κ2) is 7.48. The van der Waals surface area contributed by atoms with Crippen LogP contribution >= 0.6 is 0 Å². The molecule has 1 saturated heterocycles. The van der Waals surface area contributed by atoms with Gasteiger partial charge in [0.2, 0.25) is 5.91 Å². The van der Waals surface area contributed by atoms with Crippen LogP contribution in [0.2, 0.25) is 0 Å². The SMILES string of the molecule is O=C(CO[C@H]1C[C@@H](O)[C@@H](O)[C@@H](CO)O1)Nc1ccccc1. The third-order valence-corrected chi connectivity index (χ3v) is 3.17. The molecule has 1 aromatic rings. The molecule has 7 nitrogen and oxygen atoms in total. The maximum Gasteiger partial charge on any atom is 0.250 e. The minimum Gasteiger partial charge on any atom is -0.394 e. The van der Waals surface area contributed by atoms with Crippen molar-refractivity contribution in [1.82, 2.24) is 0 Å². The Labute approximate surface area is 122 Å². The topological polar surface area (TPSA) is 108 Å². The fraction of sp³-hybridized carbons (Fsp3) is 0.500. The summed E-state index contributed by atoms with van der Waals surface area (Å²) in [6, 6.07) is 8.92. The fourth-order valence-corrected chi connectivity index (χ4v) is 2.06. The number of benzene rings is 1. The molecule has 0 unspecified atom stereocenters. The lowest BCUT2D eigenvalue weighted by molar-refractivity contribution is -0.255. The van der Waals surface area contributed by atoms with Gasteiger partial charge in [-0.2, -0.15) is 0 Å². The van der Waals surface area contributed by atoms with Gasteiger partial charge in [0.25, 0.3) is 0 Å². The minimum atomic E-state index is -1.16. The fourth-order valence-electron chi connectivity index (χ4n) is 2.06. The molecule has 0 radical (unpaired) electrons. The smallest absolute Gasteiger partial charge is 0.250 e. The quantitative estimate of drug-likeness (QED) is 0.582. The summed E-state index contributed by atoms with van der Waals surface area (Å²) in [4.78, 5) is 11.7. The summed E-state index contributed by atoms with van der Waals surface area (Å²) in [6.07, 6.45) is -3.94. The minimum absolute atomic E-state index is 0.0380. The Balaban J connectivity index is 1.78. The molecule has 116 valence electrons. The van der Waals surface area contributed by atoms with Crippen molar-refractivity contribution in [3.63, 3.8) is 0 Å². The zero-order valence-corrected chi connectivity index (χ0v) is 11.4. The summed E-state index contributed by atoms with van der Waals surface area (Å²) < 4.78 is 10.5. The van der Waals surface area contributed by atoms with E-state index < -0.39 is 31.2 Å². The van der Waals surface area contributed by atoms with Crippen LogP contribution in [0.1, 0.15) is 6.42 Å². The molecule has 1 aliphatic heterocycles. The van der Waals surface area contributed by atoms with Gasteiger partial charge in [0.05, 0.1) is 12.7 Å². The van der Waals surface area contributed by atoms with Crippen molar-refractivity contribution in [2.24, 2.45) is 0 Å². The van der Waals surface area contributed by atoms with Gasteiger partial charge < -0.3 is 30.1 Å². The molecule has 7 heteroatoms. The monoisotopic (exact) mass is 297 g/mol. The van der Waals surface area contributed by atoms with E-state index in [9.17, 15) is 15.0 Å². The maximum atomic E-state index is 11.7. The average molecular weight is 297 g/mol. The van der Waals surface area contributed by atoms with Crippen LogP contribution in [0.25, 0.3) is 0 Å². The number of carbonyl (C=O) groups is 1. The number of aliphatic hydroxyl groups is 3. The molecule has 21 heavy (non-hydrogen) atoms. The Kier molecular flexibility index (Phi) is 5.66. The van der Waals surface area contributed by atoms with Crippen LogP contribution in [0.3, 0.4) is 0 Å². The summed E-state index contributed by atoms with van der Waals surface area (Å²) in [5, 5.41) is 30.9. The lowest BCUT2D eigenvalue weighted by Gasteiger charge is -2.35. The van der Waals surface area contributed by atoms with Gasteiger partial charge in [-0.15, -0.1) is 0 Å². The van der Waals surface area contributed by atoms with E-state index >= 15 is 0 Å². The number of nitrogens with one attached hydrogen (secondary N) is 1. The number of aliphatic hydroxyl groups excluding tert-OH is 3. The van der Waals surface area contributed by atoms with Crippen molar-refractivity contribution in [1.29, 1.82) is 0 Å². The average Bonchev–Trinajstić information content (AvgIpc) is 2.49. The number of hydrogen-bond donors (Lipinski definition) is 4. The number of hydrogen-bond acceptors (Lipinski definition) is 6. The Morgan fingerprint density at radius 3 is 2.71 bits per heavy atom. The normalized spacial score (nSPS) is 29.1. The highest BCUT2D eigenvalue weighted by Crippen LogP contribution is 2.21. The van der Waals surface area contributed by atoms with Gasteiger partial charge in [-0.1, -0.05) is 18.2 Å². The summed E-state index contributed by atoms with van der Waals surface area (Å²) in [6.45, 7) is -0.686. The predicted octanol–water partition coefficient (Wildman–Crippen LogP) is -0.529. The van der Waals surface area contributed by atoms with Gasteiger partial charge >= 0.3 is 0 Å². The molecule has 1 heterocycles. The molecule has 1 fully saturated rings. The van der Waals surface area contributed by atoms with Crippen LogP contribution in [-0.2, 0) is 14.3 Å². The number of ether oxygens (including phenoxy) is 2. The standard InChI is InChI=1S/C14H19NO6/c16-7-11-14(19)10(17)6-13(21-11)20-8-12(18)15-9-4-2-1-3-5-9/h1-5,10-11,13-14,16-17,19H,6-8H2,(H,15,18)/t10-,11-,13-,14-/m1/s1. The molecular formula is C14H19NO6. The molecule has 1 amide bonds. The summed E-state index contributed by atoms with van der Waals surface area (Å²) in [7, 11) is 0. The van der Waals surface area contributed by atoms with Crippen LogP contribution in [0.4, 0.5) is 5.69 Å². The largest absolute Gasteiger partial charge is 0.394 e. The van der Waals surface area contributed by atoms with Crippen LogP contribution in [-0.4, -0.2) is 59.0 Å². The third-order valence-electron chi connectivity index (χ3n) is 3.17. The third kappa shape index (κ3) is 4.48. The lowest BCUT2D eigenvalue weighted by atomic mass is 10.0. The van der Waals surface area contributed by atoms with Crippen molar-refractivity contribution >= 4 is 11.6 Å². The zero-order valence-electron chi connectivity index (χ0n) is 11.4. The molecule has 0 aromatic heterocycles. The van der Waals surface area contributed by atoms with Crippen LogP contribution in [0.5, 0.6) is 0 Å². The second-order valence-electron chi connectivity index (χ2n) is 4.81. The van der Waals surface area contributed by atoms with Gasteiger partial charge in [0, 0.05) is 12.1 Å². The Hall–Kier alpha value is -1.51. The lowest BCUT2D eigenvalue weighted by Crippen LogP contribution is -2.50. The number of rotatable bonds is 5. The molecule has 1 aliphatic rings. The van der Waals surface area contributed by atoms with Gasteiger partial charge in [-0.3, -0.25) is 4.79 Å². The molecule has 0 aliphatic carbocycles. The van der Waals surface area contributed by atoms with E-state index in [2.05, 4.69) is 5.32 Å². The van der Waals surface area contributed by atoms with Gasteiger partial charge in [0.15, 0.2) is 6.29 Å². The highest BCUT2D eigenvalue weighted by molar-refractivity contribution is 5.91. The van der Waals surface area contributed by atoms with E-state index in [0.717, 1.165) is 0 Å². The molecule has 2 rings (SSSR count). The van der Waals surface area contributed by atoms with E-state index in [-0.39, 0.29) is 18.9 Å². The van der Waals surface area contributed by atoms with Crippen molar-refractivity contribution in [2.75, 3.05) is 18.5 Å². The van der Waals surface area contributed by atoms with Crippen molar-refractivity contribution in [3.05, 3.63) is 30.3 Å². The van der Waals surface area contributed by atoms with E-state index in [1.54, 1.807) is 24.3 Å². The Morgan fingerprint density at radius 1 is 1.33 bits per heavy atom. The first-order chi connectivity index (χ1) is 10.1. The van der Waals surface area contributed by atoms with Crippen molar-refractivity contribution < 1.29 is 29.6 Å². The second-order valence-corrected chi connectivity index (χ2v) is 4.81. The molecular weight excluding hydrogens is 278 g/mol. The van der Waals surface area contributed by atoms with Gasteiger partial charge in [-0.25, -0.2) is 0 Å².